The first-order valence-electron chi connectivity index (χ1n) is 7.79. The molecule has 0 aromatic heterocycles. The van der Waals surface area contributed by atoms with Crippen LogP contribution in [0.5, 0.6) is 0 Å². The van der Waals surface area contributed by atoms with E-state index in [2.05, 4.69) is 6.92 Å². The minimum Gasteiger partial charge on any atom is -0.379 e. The van der Waals surface area contributed by atoms with Gasteiger partial charge in [-0.2, -0.15) is 0 Å². The van der Waals surface area contributed by atoms with E-state index in [-0.39, 0.29) is 6.61 Å². The monoisotopic (exact) mass is 308 g/mol. The maximum atomic E-state index is 13.4. The summed E-state index contributed by atoms with van der Waals surface area (Å²) in [6, 6.07) is 0. The van der Waals surface area contributed by atoms with Crippen LogP contribution in [0, 0.1) is 0 Å². The molecule has 1 N–H and O–H groups in total. The lowest BCUT2D eigenvalue weighted by atomic mass is 9.96. The van der Waals surface area contributed by atoms with Crippen molar-refractivity contribution < 1.29 is 28.4 Å². The summed E-state index contributed by atoms with van der Waals surface area (Å²) in [6.07, 6.45) is 1.47. The molecule has 1 fully saturated rings. The quantitative estimate of drug-likeness (QED) is 0.592. The van der Waals surface area contributed by atoms with E-state index >= 15 is 0 Å². The van der Waals surface area contributed by atoms with Gasteiger partial charge >= 0.3 is 0 Å². The van der Waals surface area contributed by atoms with E-state index in [1.165, 1.54) is 7.11 Å². The number of methoxy groups -OCH3 is 1. The topological polar surface area (TPSA) is 57.2 Å². The average Bonchev–Trinajstić information content (AvgIpc) is 2.77. The highest BCUT2D eigenvalue weighted by atomic mass is 19.1. The number of aliphatic hydroxyl groups is 1. The zero-order valence-corrected chi connectivity index (χ0v) is 13.3. The Balaban J connectivity index is 2.64. The summed E-state index contributed by atoms with van der Waals surface area (Å²) in [5, 5.41) is 10.5. The molecule has 0 saturated carbocycles. The van der Waals surface area contributed by atoms with Crippen LogP contribution in [0.15, 0.2) is 0 Å². The summed E-state index contributed by atoms with van der Waals surface area (Å²) >= 11 is 0. The van der Waals surface area contributed by atoms with Crippen molar-refractivity contribution in [2.24, 2.45) is 0 Å². The molecule has 126 valence electrons. The van der Waals surface area contributed by atoms with Gasteiger partial charge < -0.3 is 24.1 Å². The first-order valence-corrected chi connectivity index (χ1v) is 7.79. The molecule has 1 unspecified atom stereocenters. The number of ether oxygens (including phenoxy) is 4. The van der Waals surface area contributed by atoms with Crippen LogP contribution in [0.3, 0.4) is 0 Å². The van der Waals surface area contributed by atoms with Crippen molar-refractivity contribution >= 4 is 0 Å². The Morgan fingerprint density at radius 2 is 1.86 bits per heavy atom. The van der Waals surface area contributed by atoms with E-state index in [1.54, 1.807) is 0 Å². The fourth-order valence-electron chi connectivity index (χ4n) is 2.38. The van der Waals surface area contributed by atoms with Gasteiger partial charge in [0, 0.05) is 20.3 Å². The molecule has 1 saturated heterocycles. The summed E-state index contributed by atoms with van der Waals surface area (Å²) < 4.78 is 35.2. The second-order valence-electron chi connectivity index (χ2n) is 5.44. The van der Waals surface area contributed by atoms with Crippen molar-refractivity contribution in [1.82, 2.24) is 0 Å². The summed E-state index contributed by atoms with van der Waals surface area (Å²) in [5.74, 6) is 0. The van der Waals surface area contributed by atoms with E-state index in [0.717, 1.165) is 25.7 Å². The predicted molar refractivity (Wildman–Crippen MR) is 77.0 cm³/mol. The molecule has 0 aromatic carbocycles. The molecule has 6 heteroatoms. The summed E-state index contributed by atoms with van der Waals surface area (Å²) in [6.45, 7) is 4.47. The molecule has 4 atom stereocenters. The van der Waals surface area contributed by atoms with Gasteiger partial charge in [-0.25, -0.2) is 4.39 Å². The lowest BCUT2D eigenvalue weighted by Gasteiger charge is -2.30. The Kier molecular flexibility index (Phi) is 8.66. The van der Waals surface area contributed by atoms with Crippen molar-refractivity contribution in [2.75, 3.05) is 33.6 Å². The Morgan fingerprint density at radius 1 is 1.19 bits per heavy atom. The van der Waals surface area contributed by atoms with Crippen LogP contribution in [-0.4, -0.2) is 62.8 Å². The fourth-order valence-corrected chi connectivity index (χ4v) is 2.38. The lowest BCUT2D eigenvalue weighted by molar-refractivity contribution is -0.202. The highest BCUT2D eigenvalue weighted by molar-refractivity contribution is 5.01. The average molecular weight is 308 g/mol. The fraction of sp³-hybridized carbons (Fsp3) is 1.00. The van der Waals surface area contributed by atoms with Gasteiger partial charge in [0.2, 0.25) is 0 Å². The van der Waals surface area contributed by atoms with Gasteiger partial charge in [-0.15, -0.1) is 0 Å². The Morgan fingerprint density at radius 3 is 2.43 bits per heavy atom. The van der Waals surface area contributed by atoms with Crippen LogP contribution in [0.4, 0.5) is 4.39 Å². The zero-order chi connectivity index (χ0) is 15.7. The first-order chi connectivity index (χ1) is 10.1. The molecule has 1 heterocycles. The van der Waals surface area contributed by atoms with E-state index in [1.807, 2.05) is 6.92 Å². The third-order valence-electron chi connectivity index (χ3n) is 3.68. The van der Waals surface area contributed by atoms with Crippen LogP contribution in [0.25, 0.3) is 0 Å². The van der Waals surface area contributed by atoms with E-state index in [0.29, 0.717) is 13.2 Å². The number of halogens is 1. The Hall–Kier alpha value is -0.270. The molecular formula is C15H29FO5. The smallest absolute Gasteiger partial charge is 0.191 e. The maximum absolute atomic E-state index is 13.4. The van der Waals surface area contributed by atoms with Crippen molar-refractivity contribution in [3.8, 4) is 0 Å². The SMILES string of the molecule is CCCCOC[C@H]1O[C@@H](OC)[C@](O)(CF)C1OCCCC. The van der Waals surface area contributed by atoms with Gasteiger partial charge in [0.05, 0.1) is 6.61 Å². The summed E-state index contributed by atoms with van der Waals surface area (Å²) in [4.78, 5) is 0. The third-order valence-corrected chi connectivity index (χ3v) is 3.68. The molecule has 1 aliphatic rings. The van der Waals surface area contributed by atoms with E-state index < -0.39 is 30.8 Å². The minimum atomic E-state index is -1.78. The molecule has 0 amide bonds. The van der Waals surface area contributed by atoms with Gasteiger partial charge in [0.1, 0.15) is 18.9 Å². The normalized spacial score (nSPS) is 32.7. The van der Waals surface area contributed by atoms with Gasteiger partial charge in [0.15, 0.2) is 11.9 Å². The molecule has 0 aromatic rings. The van der Waals surface area contributed by atoms with Crippen LogP contribution in [0.1, 0.15) is 39.5 Å². The molecule has 1 aliphatic heterocycles. The van der Waals surface area contributed by atoms with Gasteiger partial charge in [-0.1, -0.05) is 26.7 Å². The molecule has 0 radical (unpaired) electrons. The predicted octanol–water partition coefficient (Wildman–Crippen LogP) is 2.06. The highest BCUT2D eigenvalue weighted by Gasteiger charge is 2.57. The first kappa shape index (κ1) is 18.8. The number of rotatable bonds is 11. The maximum Gasteiger partial charge on any atom is 0.191 e. The largest absolute Gasteiger partial charge is 0.379 e. The third kappa shape index (κ3) is 4.86. The van der Waals surface area contributed by atoms with Crippen molar-refractivity contribution in [3.63, 3.8) is 0 Å². The van der Waals surface area contributed by atoms with E-state index in [9.17, 15) is 9.50 Å². The number of alkyl halides is 1. The van der Waals surface area contributed by atoms with Crippen LogP contribution in [0.2, 0.25) is 0 Å². The van der Waals surface area contributed by atoms with Crippen LogP contribution < -0.4 is 0 Å². The zero-order valence-electron chi connectivity index (χ0n) is 13.3. The molecule has 0 aliphatic carbocycles. The molecule has 0 spiro atoms. The number of hydrogen-bond donors (Lipinski definition) is 1. The van der Waals surface area contributed by atoms with Gasteiger partial charge in [-0.3, -0.25) is 0 Å². The summed E-state index contributed by atoms with van der Waals surface area (Å²) in [7, 11) is 1.38. The molecule has 5 nitrogen and oxygen atoms in total. The highest BCUT2D eigenvalue weighted by Crippen LogP contribution is 2.35. The number of unbranched alkanes of at least 4 members (excludes halogenated alkanes) is 2. The van der Waals surface area contributed by atoms with Crippen molar-refractivity contribution in [1.29, 1.82) is 0 Å². The van der Waals surface area contributed by atoms with Gasteiger partial charge in [0.25, 0.3) is 0 Å². The molecule has 21 heavy (non-hydrogen) atoms. The molecular weight excluding hydrogens is 279 g/mol. The second kappa shape index (κ2) is 9.69. The van der Waals surface area contributed by atoms with Crippen LogP contribution >= 0.6 is 0 Å². The van der Waals surface area contributed by atoms with Crippen molar-refractivity contribution in [3.05, 3.63) is 0 Å². The van der Waals surface area contributed by atoms with Crippen LogP contribution in [-0.2, 0) is 18.9 Å². The molecule has 1 rings (SSSR count). The number of hydrogen-bond acceptors (Lipinski definition) is 5. The standard InChI is InChI=1S/C15H29FO5/c1-4-6-8-19-10-12-13(20-9-7-5-2)15(17,11-16)14(18-3)21-12/h12-14,17H,4-11H2,1-3H3/t12-,13?,14-,15+/m1/s1. The van der Waals surface area contributed by atoms with Gasteiger partial charge in [-0.05, 0) is 12.8 Å². The Labute approximate surface area is 126 Å². The Bertz CT molecular complexity index is 279. The van der Waals surface area contributed by atoms with E-state index in [4.69, 9.17) is 18.9 Å². The summed E-state index contributed by atoms with van der Waals surface area (Å²) in [5.41, 5.74) is -1.78. The minimum absolute atomic E-state index is 0.263. The second-order valence-corrected chi connectivity index (χ2v) is 5.44. The molecule has 0 bridgehead atoms. The lowest BCUT2D eigenvalue weighted by Crippen LogP contribution is -2.52. The van der Waals surface area contributed by atoms with Crippen molar-refractivity contribution in [2.45, 2.75) is 63.6 Å².